The molecule has 1 aliphatic rings. The van der Waals surface area contributed by atoms with Crippen molar-refractivity contribution in [3.05, 3.63) is 33.8 Å². The van der Waals surface area contributed by atoms with Gasteiger partial charge in [-0.05, 0) is 48.9 Å². The summed E-state index contributed by atoms with van der Waals surface area (Å²) in [5, 5.41) is 3.10. The quantitative estimate of drug-likeness (QED) is 0.874. The summed E-state index contributed by atoms with van der Waals surface area (Å²) in [5.41, 5.74) is 2.13. The van der Waals surface area contributed by atoms with E-state index < -0.39 is 0 Å². The predicted molar refractivity (Wildman–Crippen MR) is 82.4 cm³/mol. The van der Waals surface area contributed by atoms with Crippen molar-refractivity contribution in [2.45, 2.75) is 46.0 Å². The molecule has 0 aromatic heterocycles. The molecule has 0 unspecified atom stereocenters. The Bertz CT molecular complexity index is 464. The van der Waals surface area contributed by atoms with Crippen LogP contribution in [-0.2, 0) is 0 Å². The Balaban J connectivity index is 1.95. The van der Waals surface area contributed by atoms with Gasteiger partial charge in [0, 0.05) is 16.6 Å². The number of aryl methyl sites for hydroxylation is 1. The van der Waals surface area contributed by atoms with Gasteiger partial charge >= 0.3 is 0 Å². The second-order valence-corrected chi connectivity index (χ2v) is 6.87. The number of amides is 1. The van der Waals surface area contributed by atoms with Gasteiger partial charge in [0.05, 0.1) is 0 Å². The van der Waals surface area contributed by atoms with Crippen molar-refractivity contribution in [1.29, 1.82) is 0 Å². The van der Waals surface area contributed by atoms with Gasteiger partial charge in [0.1, 0.15) is 0 Å². The zero-order valence-corrected chi connectivity index (χ0v) is 13.3. The standard InChI is InChI=1S/C16H22BrNO/c1-12-10-13(6-7-14(12)17)15(19)18-11-16(2)8-4-3-5-9-16/h6-7,10H,3-5,8-9,11H2,1-2H3,(H,18,19). The van der Waals surface area contributed by atoms with E-state index in [1.807, 2.05) is 25.1 Å². The van der Waals surface area contributed by atoms with Crippen molar-refractivity contribution in [1.82, 2.24) is 5.32 Å². The summed E-state index contributed by atoms with van der Waals surface area (Å²) in [5.74, 6) is 0.0439. The first kappa shape index (κ1) is 14.6. The Hall–Kier alpha value is -0.830. The van der Waals surface area contributed by atoms with Crippen molar-refractivity contribution >= 4 is 21.8 Å². The van der Waals surface area contributed by atoms with Crippen LogP contribution in [0.1, 0.15) is 54.9 Å². The Kier molecular flexibility index (Phi) is 4.67. The number of hydrogen-bond acceptors (Lipinski definition) is 1. The summed E-state index contributed by atoms with van der Waals surface area (Å²) >= 11 is 3.46. The molecule has 0 aliphatic heterocycles. The Morgan fingerprint density at radius 3 is 2.63 bits per heavy atom. The van der Waals surface area contributed by atoms with Gasteiger partial charge < -0.3 is 5.32 Å². The third-order valence-electron chi connectivity index (χ3n) is 4.16. The second kappa shape index (κ2) is 6.08. The van der Waals surface area contributed by atoms with Crippen LogP contribution in [0.15, 0.2) is 22.7 Å². The molecule has 1 N–H and O–H groups in total. The average molecular weight is 324 g/mol. The highest BCUT2D eigenvalue weighted by Gasteiger charge is 2.27. The third kappa shape index (κ3) is 3.82. The maximum atomic E-state index is 12.2. The summed E-state index contributed by atoms with van der Waals surface area (Å²) in [6.45, 7) is 5.09. The summed E-state index contributed by atoms with van der Waals surface area (Å²) < 4.78 is 1.04. The highest BCUT2D eigenvalue weighted by atomic mass is 79.9. The van der Waals surface area contributed by atoms with Gasteiger partial charge in [-0.3, -0.25) is 4.79 Å². The Morgan fingerprint density at radius 2 is 2.00 bits per heavy atom. The molecule has 2 nitrogen and oxygen atoms in total. The van der Waals surface area contributed by atoms with E-state index in [4.69, 9.17) is 0 Å². The van der Waals surface area contributed by atoms with Crippen LogP contribution in [0.4, 0.5) is 0 Å². The topological polar surface area (TPSA) is 29.1 Å². The van der Waals surface area contributed by atoms with Crippen molar-refractivity contribution in [2.75, 3.05) is 6.54 Å². The number of carbonyl (C=O) groups is 1. The second-order valence-electron chi connectivity index (χ2n) is 6.02. The maximum absolute atomic E-state index is 12.2. The largest absolute Gasteiger partial charge is 0.351 e. The van der Waals surface area contributed by atoms with E-state index in [0.29, 0.717) is 0 Å². The lowest BCUT2D eigenvalue weighted by Crippen LogP contribution is -2.37. The fourth-order valence-corrected chi connectivity index (χ4v) is 3.01. The smallest absolute Gasteiger partial charge is 0.251 e. The molecular formula is C16H22BrNO. The van der Waals surface area contributed by atoms with Crippen LogP contribution in [0.2, 0.25) is 0 Å². The van der Waals surface area contributed by atoms with Gasteiger partial charge in [-0.25, -0.2) is 0 Å². The zero-order valence-electron chi connectivity index (χ0n) is 11.8. The zero-order chi connectivity index (χ0) is 13.9. The maximum Gasteiger partial charge on any atom is 0.251 e. The lowest BCUT2D eigenvalue weighted by Gasteiger charge is -2.33. The van der Waals surface area contributed by atoms with Crippen molar-refractivity contribution < 1.29 is 4.79 Å². The Morgan fingerprint density at radius 1 is 1.32 bits per heavy atom. The lowest BCUT2D eigenvalue weighted by molar-refractivity contribution is 0.0919. The minimum absolute atomic E-state index is 0.0439. The molecule has 19 heavy (non-hydrogen) atoms. The fourth-order valence-electron chi connectivity index (χ4n) is 2.76. The van der Waals surface area contributed by atoms with Gasteiger partial charge in [0.15, 0.2) is 0 Å². The number of halogens is 1. The highest BCUT2D eigenvalue weighted by Crippen LogP contribution is 2.34. The number of carbonyl (C=O) groups excluding carboxylic acids is 1. The van der Waals surface area contributed by atoms with E-state index in [1.165, 1.54) is 32.1 Å². The molecular weight excluding hydrogens is 302 g/mol. The molecule has 0 radical (unpaired) electrons. The molecule has 1 amide bonds. The first-order valence-corrected chi connectivity index (χ1v) is 7.84. The van der Waals surface area contributed by atoms with E-state index in [1.54, 1.807) is 0 Å². The van der Waals surface area contributed by atoms with Gasteiger partial charge in [-0.1, -0.05) is 42.1 Å². The normalized spacial score (nSPS) is 18.1. The molecule has 0 spiro atoms. The van der Waals surface area contributed by atoms with E-state index in [0.717, 1.165) is 22.1 Å². The minimum atomic E-state index is 0.0439. The van der Waals surface area contributed by atoms with Gasteiger partial charge in [-0.15, -0.1) is 0 Å². The molecule has 1 aliphatic carbocycles. The minimum Gasteiger partial charge on any atom is -0.351 e. The molecule has 0 atom stereocenters. The Labute approximate surface area is 124 Å². The fraction of sp³-hybridized carbons (Fsp3) is 0.562. The molecule has 3 heteroatoms. The molecule has 1 aromatic carbocycles. The molecule has 104 valence electrons. The van der Waals surface area contributed by atoms with Crippen LogP contribution in [-0.4, -0.2) is 12.5 Å². The average Bonchev–Trinajstić information content (AvgIpc) is 2.40. The van der Waals surface area contributed by atoms with Crippen LogP contribution in [0.5, 0.6) is 0 Å². The number of rotatable bonds is 3. The number of benzene rings is 1. The van der Waals surface area contributed by atoms with Gasteiger partial charge in [-0.2, -0.15) is 0 Å². The molecule has 1 fully saturated rings. The predicted octanol–water partition coefficient (Wildman–Crippen LogP) is 4.46. The summed E-state index contributed by atoms with van der Waals surface area (Å²) in [6.07, 6.45) is 6.39. The molecule has 0 bridgehead atoms. The lowest BCUT2D eigenvalue weighted by atomic mass is 9.76. The van der Waals surface area contributed by atoms with Gasteiger partial charge in [0.2, 0.25) is 0 Å². The van der Waals surface area contributed by atoms with Gasteiger partial charge in [0.25, 0.3) is 5.91 Å². The summed E-state index contributed by atoms with van der Waals surface area (Å²) in [4.78, 5) is 12.2. The summed E-state index contributed by atoms with van der Waals surface area (Å²) in [7, 11) is 0. The number of hydrogen-bond donors (Lipinski definition) is 1. The van der Waals surface area contributed by atoms with E-state index in [-0.39, 0.29) is 11.3 Å². The molecule has 1 aromatic rings. The van der Waals surface area contributed by atoms with Crippen molar-refractivity contribution in [3.8, 4) is 0 Å². The summed E-state index contributed by atoms with van der Waals surface area (Å²) in [6, 6.07) is 5.74. The van der Waals surface area contributed by atoms with Crippen LogP contribution in [0.3, 0.4) is 0 Å². The van der Waals surface area contributed by atoms with Crippen molar-refractivity contribution in [3.63, 3.8) is 0 Å². The van der Waals surface area contributed by atoms with Crippen LogP contribution in [0.25, 0.3) is 0 Å². The molecule has 2 rings (SSSR count). The van der Waals surface area contributed by atoms with E-state index in [9.17, 15) is 4.79 Å². The monoisotopic (exact) mass is 323 g/mol. The first-order valence-electron chi connectivity index (χ1n) is 7.05. The number of nitrogens with one attached hydrogen (secondary N) is 1. The first-order chi connectivity index (χ1) is 9.00. The molecule has 0 heterocycles. The van der Waals surface area contributed by atoms with Crippen molar-refractivity contribution in [2.24, 2.45) is 5.41 Å². The highest BCUT2D eigenvalue weighted by molar-refractivity contribution is 9.10. The van der Waals surface area contributed by atoms with Crippen LogP contribution >= 0.6 is 15.9 Å². The molecule has 0 saturated heterocycles. The van der Waals surface area contributed by atoms with E-state index in [2.05, 4.69) is 28.2 Å². The molecule has 1 saturated carbocycles. The van der Waals surface area contributed by atoms with Crippen LogP contribution < -0.4 is 5.32 Å². The van der Waals surface area contributed by atoms with E-state index >= 15 is 0 Å². The van der Waals surface area contributed by atoms with Crippen LogP contribution in [0, 0.1) is 12.3 Å². The SMILES string of the molecule is Cc1cc(C(=O)NCC2(C)CCCCC2)ccc1Br. The third-order valence-corrected chi connectivity index (χ3v) is 5.05.